The largest absolute Gasteiger partial charge is 0.353 e. The lowest BCUT2D eigenvalue weighted by Gasteiger charge is -2.15. The van der Waals surface area contributed by atoms with E-state index in [-0.39, 0.29) is 11.9 Å². The summed E-state index contributed by atoms with van der Waals surface area (Å²) in [6, 6.07) is 7.63. The first kappa shape index (κ1) is 21.5. The summed E-state index contributed by atoms with van der Waals surface area (Å²) in [5, 5.41) is 13.0. The van der Waals surface area contributed by atoms with Crippen molar-refractivity contribution in [3.05, 3.63) is 41.9 Å². The van der Waals surface area contributed by atoms with Gasteiger partial charge in [0.05, 0.1) is 5.75 Å². The molecule has 7 heteroatoms. The van der Waals surface area contributed by atoms with Gasteiger partial charge in [-0.1, -0.05) is 43.3 Å². The predicted octanol–water partition coefficient (Wildman–Crippen LogP) is 4.82. The molecule has 0 fully saturated rings. The second-order valence-electron chi connectivity index (χ2n) is 6.94. The first-order chi connectivity index (χ1) is 12.9. The summed E-state index contributed by atoms with van der Waals surface area (Å²) >= 11 is 7.35. The van der Waals surface area contributed by atoms with Crippen LogP contribution in [0.3, 0.4) is 0 Å². The summed E-state index contributed by atoms with van der Waals surface area (Å²) in [7, 11) is 0. The first-order valence-corrected chi connectivity index (χ1v) is 10.5. The summed E-state index contributed by atoms with van der Waals surface area (Å²) in [6.07, 6.45) is 3.88. The number of aromatic nitrogens is 3. The molecule has 1 unspecified atom stereocenters. The highest BCUT2D eigenvalue weighted by molar-refractivity contribution is 7.99. The molecule has 2 rings (SSSR count). The van der Waals surface area contributed by atoms with Crippen LogP contribution in [-0.2, 0) is 11.3 Å². The van der Waals surface area contributed by atoms with Crippen LogP contribution < -0.4 is 5.32 Å². The first-order valence-electron chi connectivity index (χ1n) is 9.13. The summed E-state index contributed by atoms with van der Waals surface area (Å²) < 4.78 is 1.95. The maximum Gasteiger partial charge on any atom is 0.230 e. The third-order valence-corrected chi connectivity index (χ3v) is 5.27. The molecule has 1 aromatic heterocycles. The monoisotopic (exact) mass is 406 g/mol. The average molecular weight is 407 g/mol. The van der Waals surface area contributed by atoms with Gasteiger partial charge in [0.25, 0.3) is 0 Å². The average Bonchev–Trinajstić information content (AvgIpc) is 3.02. The highest BCUT2D eigenvalue weighted by Gasteiger charge is 2.16. The minimum absolute atomic E-state index is 0.0115. The SMILES string of the molecule is C=CCn1c(SCC(=O)NC(C)CCC(C)C)nnc1-c1ccc(Cl)cc1. The topological polar surface area (TPSA) is 59.8 Å². The van der Waals surface area contributed by atoms with E-state index in [0.717, 1.165) is 24.2 Å². The fraction of sp³-hybridized carbons (Fsp3) is 0.450. The molecule has 0 aliphatic carbocycles. The van der Waals surface area contributed by atoms with E-state index in [9.17, 15) is 4.79 Å². The summed E-state index contributed by atoms with van der Waals surface area (Å²) in [5.74, 6) is 1.70. The van der Waals surface area contributed by atoms with Crippen LogP contribution in [0, 0.1) is 5.92 Å². The Kier molecular flexibility index (Phi) is 8.38. The zero-order chi connectivity index (χ0) is 19.8. The molecule has 1 atom stereocenters. The number of carbonyl (C=O) groups is 1. The van der Waals surface area contributed by atoms with E-state index in [0.29, 0.717) is 28.4 Å². The second kappa shape index (κ2) is 10.5. The maximum atomic E-state index is 12.2. The third kappa shape index (κ3) is 6.70. The van der Waals surface area contributed by atoms with Crippen LogP contribution in [0.25, 0.3) is 11.4 Å². The van der Waals surface area contributed by atoms with E-state index < -0.39 is 0 Å². The van der Waals surface area contributed by atoms with Crippen molar-refractivity contribution in [1.29, 1.82) is 0 Å². The number of nitrogens with one attached hydrogen (secondary N) is 1. The molecule has 0 aliphatic rings. The molecule has 0 saturated carbocycles. The van der Waals surface area contributed by atoms with E-state index >= 15 is 0 Å². The van der Waals surface area contributed by atoms with Crippen molar-refractivity contribution in [2.24, 2.45) is 5.92 Å². The zero-order valence-corrected chi connectivity index (χ0v) is 17.7. The Morgan fingerprint density at radius 1 is 1.26 bits per heavy atom. The molecule has 27 heavy (non-hydrogen) atoms. The van der Waals surface area contributed by atoms with Gasteiger partial charge in [-0.3, -0.25) is 9.36 Å². The van der Waals surface area contributed by atoms with Crippen LogP contribution in [0.5, 0.6) is 0 Å². The fourth-order valence-electron chi connectivity index (χ4n) is 2.60. The Labute approximate surface area is 170 Å². The molecule has 0 aliphatic heterocycles. The molecule has 1 heterocycles. The lowest BCUT2D eigenvalue weighted by molar-refractivity contribution is -0.119. The van der Waals surface area contributed by atoms with E-state index in [1.165, 1.54) is 11.8 Å². The number of hydrogen-bond acceptors (Lipinski definition) is 4. The van der Waals surface area contributed by atoms with Crippen LogP contribution >= 0.6 is 23.4 Å². The van der Waals surface area contributed by atoms with E-state index in [1.54, 1.807) is 6.08 Å². The van der Waals surface area contributed by atoms with Crippen molar-refractivity contribution >= 4 is 29.3 Å². The molecule has 1 aromatic carbocycles. The number of hydrogen-bond donors (Lipinski definition) is 1. The molecule has 1 amide bonds. The lowest BCUT2D eigenvalue weighted by Crippen LogP contribution is -2.34. The Balaban J connectivity index is 2.01. The molecular formula is C20H27ClN4OS. The number of carbonyl (C=O) groups excluding carboxylic acids is 1. The minimum atomic E-state index is 0.0115. The standard InChI is InChI=1S/C20H27ClN4OS/c1-5-12-25-19(16-8-10-17(21)11-9-16)23-24-20(25)27-13-18(26)22-15(4)7-6-14(2)3/h5,8-11,14-15H,1,6-7,12-13H2,2-4H3,(H,22,26). The minimum Gasteiger partial charge on any atom is -0.353 e. The number of allylic oxidation sites excluding steroid dienone is 1. The van der Waals surface area contributed by atoms with Gasteiger partial charge in [-0.15, -0.1) is 16.8 Å². The van der Waals surface area contributed by atoms with Crippen LogP contribution in [0.4, 0.5) is 0 Å². The maximum absolute atomic E-state index is 12.2. The molecule has 0 saturated heterocycles. The Hall–Kier alpha value is -1.79. The zero-order valence-electron chi connectivity index (χ0n) is 16.1. The van der Waals surface area contributed by atoms with Crippen molar-refractivity contribution in [3.63, 3.8) is 0 Å². The van der Waals surface area contributed by atoms with Crippen molar-refractivity contribution in [3.8, 4) is 11.4 Å². The third-order valence-electron chi connectivity index (χ3n) is 4.05. The molecule has 146 valence electrons. The van der Waals surface area contributed by atoms with Gasteiger partial charge in [0.1, 0.15) is 0 Å². The summed E-state index contributed by atoms with van der Waals surface area (Å²) in [6.45, 7) is 10.8. The Morgan fingerprint density at radius 3 is 2.59 bits per heavy atom. The number of rotatable bonds is 10. The number of halogens is 1. The molecule has 0 spiro atoms. The molecule has 1 N–H and O–H groups in total. The number of amides is 1. The van der Waals surface area contributed by atoms with Crippen LogP contribution in [0.15, 0.2) is 42.1 Å². The van der Waals surface area contributed by atoms with Crippen molar-refractivity contribution in [2.75, 3.05) is 5.75 Å². The van der Waals surface area contributed by atoms with Gasteiger partial charge in [0.15, 0.2) is 11.0 Å². The number of thioether (sulfide) groups is 1. The van der Waals surface area contributed by atoms with Gasteiger partial charge in [-0.05, 0) is 49.9 Å². The molecule has 5 nitrogen and oxygen atoms in total. The molecule has 0 radical (unpaired) electrons. The smallest absolute Gasteiger partial charge is 0.230 e. The van der Waals surface area contributed by atoms with Gasteiger partial charge in [-0.2, -0.15) is 0 Å². The lowest BCUT2D eigenvalue weighted by atomic mass is 10.0. The summed E-state index contributed by atoms with van der Waals surface area (Å²) in [4.78, 5) is 12.2. The van der Waals surface area contributed by atoms with Crippen LogP contribution in [0.2, 0.25) is 5.02 Å². The highest BCUT2D eigenvalue weighted by Crippen LogP contribution is 2.25. The van der Waals surface area contributed by atoms with Crippen molar-refractivity contribution in [1.82, 2.24) is 20.1 Å². The van der Waals surface area contributed by atoms with Crippen molar-refractivity contribution < 1.29 is 4.79 Å². The van der Waals surface area contributed by atoms with E-state index in [4.69, 9.17) is 11.6 Å². The molecular weight excluding hydrogens is 380 g/mol. The van der Waals surface area contributed by atoms with E-state index in [1.807, 2.05) is 35.8 Å². The van der Waals surface area contributed by atoms with E-state index in [2.05, 4.69) is 35.9 Å². The fourth-order valence-corrected chi connectivity index (χ4v) is 3.49. The number of nitrogens with zero attached hydrogens (tertiary/aromatic N) is 3. The van der Waals surface area contributed by atoms with Gasteiger partial charge < -0.3 is 5.32 Å². The second-order valence-corrected chi connectivity index (χ2v) is 8.32. The summed E-state index contributed by atoms with van der Waals surface area (Å²) in [5.41, 5.74) is 0.923. The predicted molar refractivity (Wildman–Crippen MR) is 113 cm³/mol. The normalized spacial score (nSPS) is 12.2. The highest BCUT2D eigenvalue weighted by atomic mass is 35.5. The van der Waals surface area contributed by atoms with Crippen LogP contribution in [-0.4, -0.2) is 32.5 Å². The quantitative estimate of drug-likeness (QED) is 0.454. The van der Waals surface area contributed by atoms with Gasteiger partial charge in [0.2, 0.25) is 5.91 Å². The Bertz CT molecular complexity index is 758. The van der Waals surface area contributed by atoms with Gasteiger partial charge in [-0.25, -0.2) is 0 Å². The van der Waals surface area contributed by atoms with Crippen molar-refractivity contribution in [2.45, 2.75) is 51.4 Å². The van der Waals surface area contributed by atoms with Gasteiger partial charge >= 0.3 is 0 Å². The number of benzene rings is 1. The molecule has 2 aromatic rings. The van der Waals surface area contributed by atoms with Crippen LogP contribution in [0.1, 0.15) is 33.6 Å². The Morgan fingerprint density at radius 2 is 1.96 bits per heavy atom. The van der Waals surface area contributed by atoms with Gasteiger partial charge in [0, 0.05) is 23.2 Å². The molecule has 0 bridgehead atoms.